The largest absolute Gasteiger partial charge is 0.377 e. The highest BCUT2D eigenvalue weighted by molar-refractivity contribution is 7.99. The van der Waals surface area contributed by atoms with Crippen molar-refractivity contribution in [2.45, 2.75) is 56.3 Å². The number of aromatic nitrogens is 4. The molecule has 0 bridgehead atoms. The Balaban J connectivity index is 1.30. The minimum atomic E-state index is 0.383. The molecule has 27 heavy (non-hydrogen) atoms. The highest BCUT2D eigenvalue weighted by atomic mass is 32.2. The lowest BCUT2D eigenvalue weighted by Gasteiger charge is -2.31. The highest BCUT2D eigenvalue weighted by Gasteiger charge is 2.26. The summed E-state index contributed by atoms with van der Waals surface area (Å²) in [6.07, 6.45) is 5.01. The van der Waals surface area contributed by atoms with Crippen LogP contribution in [0.1, 0.15) is 48.8 Å². The van der Waals surface area contributed by atoms with Gasteiger partial charge >= 0.3 is 0 Å². The molecule has 0 amide bonds. The van der Waals surface area contributed by atoms with E-state index in [1.54, 1.807) is 11.8 Å². The van der Waals surface area contributed by atoms with Gasteiger partial charge in [-0.1, -0.05) is 17.8 Å². The average Bonchev–Trinajstić information content (AvgIpc) is 3.31. The summed E-state index contributed by atoms with van der Waals surface area (Å²) in [4.78, 5) is 7.14. The first-order valence-electron chi connectivity index (χ1n) is 9.97. The van der Waals surface area contributed by atoms with Crippen LogP contribution in [0.5, 0.6) is 0 Å². The smallest absolute Gasteiger partial charge is 0.191 e. The van der Waals surface area contributed by atoms with Crippen molar-refractivity contribution < 1.29 is 4.74 Å². The van der Waals surface area contributed by atoms with Crippen LogP contribution >= 0.6 is 11.8 Å². The Hall–Kier alpha value is -1.44. The van der Waals surface area contributed by atoms with Gasteiger partial charge in [0.15, 0.2) is 5.16 Å². The Bertz CT molecular complexity index is 751. The Morgan fingerprint density at radius 1 is 1.19 bits per heavy atom. The normalized spacial score (nSPS) is 21.8. The van der Waals surface area contributed by atoms with Gasteiger partial charge in [0.2, 0.25) is 0 Å². The van der Waals surface area contributed by atoms with Crippen LogP contribution in [-0.2, 0) is 18.3 Å². The second-order valence-electron chi connectivity index (χ2n) is 7.67. The van der Waals surface area contributed by atoms with Gasteiger partial charge in [0.1, 0.15) is 5.82 Å². The zero-order valence-electron chi connectivity index (χ0n) is 16.3. The van der Waals surface area contributed by atoms with Crippen molar-refractivity contribution >= 4 is 11.8 Å². The van der Waals surface area contributed by atoms with E-state index < -0.39 is 0 Å². The lowest BCUT2D eigenvalue weighted by molar-refractivity contribution is 0.129. The van der Waals surface area contributed by atoms with Crippen LogP contribution in [0.15, 0.2) is 23.4 Å². The van der Waals surface area contributed by atoms with E-state index in [9.17, 15) is 0 Å². The topological polar surface area (TPSA) is 56.1 Å². The molecule has 0 radical (unpaired) electrons. The number of pyridine rings is 1. The zero-order chi connectivity index (χ0) is 18.6. The van der Waals surface area contributed by atoms with E-state index in [2.05, 4.69) is 56.8 Å². The lowest BCUT2D eigenvalue weighted by atomic mass is 9.96. The molecule has 2 aromatic rings. The molecule has 1 unspecified atom stereocenters. The van der Waals surface area contributed by atoms with E-state index in [4.69, 9.17) is 4.74 Å². The van der Waals surface area contributed by atoms with Gasteiger partial charge < -0.3 is 9.30 Å². The third-order valence-corrected chi connectivity index (χ3v) is 6.73. The maximum atomic E-state index is 5.72. The summed E-state index contributed by atoms with van der Waals surface area (Å²) >= 11 is 1.78. The third kappa shape index (κ3) is 4.70. The number of thioether (sulfide) groups is 1. The summed E-state index contributed by atoms with van der Waals surface area (Å²) in [5.74, 6) is 2.62. The minimum absolute atomic E-state index is 0.383. The van der Waals surface area contributed by atoms with Crippen LogP contribution in [-0.4, -0.2) is 56.2 Å². The first kappa shape index (κ1) is 18.9. The number of ether oxygens (including phenoxy) is 1. The first-order chi connectivity index (χ1) is 13.2. The van der Waals surface area contributed by atoms with Gasteiger partial charge in [-0.25, -0.2) is 0 Å². The quantitative estimate of drug-likeness (QED) is 0.710. The Labute approximate surface area is 165 Å². The molecule has 0 aromatic carbocycles. The van der Waals surface area contributed by atoms with E-state index >= 15 is 0 Å². The van der Waals surface area contributed by atoms with Gasteiger partial charge in [-0.05, 0) is 57.8 Å². The van der Waals surface area contributed by atoms with Crippen LogP contribution in [0.3, 0.4) is 0 Å². The van der Waals surface area contributed by atoms with Gasteiger partial charge in [0.25, 0.3) is 0 Å². The Kier molecular flexibility index (Phi) is 6.10. The molecular formula is C20H29N5OS. The molecule has 0 aliphatic carbocycles. The second-order valence-corrected chi connectivity index (χ2v) is 8.65. The standard InChI is InChI=1S/C20H29N5OS/c1-15-5-3-6-17(21-15)13-25-10-8-16(9-11-25)19-22-23-20(24(19)2)27-14-18-7-4-12-26-18/h3,5-6,16,18H,4,7-14H2,1-2H3. The molecule has 0 saturated carbocycles. The number of hydrogen-bond donors (Lipinski definition) is 0. The molecule has 146 valence electrons. The van der Waals surface area contributed by atoms with Crippen LogP contribution in [0.2, 0.25) is 0 Å². The molecule has 2 aliphatic heterocycles. The number of rotatable bonds is 6. The van der Waals surface area contributed by atoms with Crippen molar-refractivity contribution in [2.75, 3.05) is 25.4 Å². The van der Waals surface area contributed by atoms with Gasteiger partial charge in [0.05, 0.1) is 11.8 Å². The molecule has 0 spiro atoms. The maximum Gasteiger partial charge on any atom is 0.191 e. The Morgan fingerprint density at radius 3 is 2.78 bits per heavy atom. The van der Waals surface area contributed by atoms with Crippen molar-refractivity contribution in [3.63, 3.8) is 0 Å². The van der Waals surface area contributed by atoms with E-state index in [0.717, 1.165) is 61.5 Å². The second kappa shape index (κ2) is 8.71. The van der Waals surface area contributed by atoms with Crippen LogP contribution in [0, 0.1) is 6.92 Å². The van der Waals surface area contributed by atoms with Crippen molar-refractivity contribution in [3.8, 4) is 0 Å². The molecular weight excluding hydrogens is 358 g/mol. The van der Waals surface area contributed by atoms with Crippen LogP contribution in [0.4, 0.5) is 0 Å². The highest BCUT2D eigenvalue weighted by Crippen LogP contribution is 2.30. The van der Waals surface area contributed by atoms with E-state index in [1.165, 1.54) is 18.5 Å². The SMILES string of the molecule is Cc1cccc(CN2CCC(c3nnc(SCC4CCCO4)n3C)CC2)n1. The summed E-state index contributed by atoms with van der Waals surface area (Å²) in [5.41, 5.74) is 2.26. The molecule has 0 N–H and O–H groups in total. The average molecular weight is 388 g/mol. The number of likely N-dealkylation sites (tertiary alicyclic amines) is 1. The number of hydrogen-bond acceptors (Lipinski definition) is 6. The molecule has 2 saturated heterocycles. The van der Waals surface area contributed by atoms with Gasteiger partial charge in [-0.2, -0.15) is 0 Å². The predicted molar refractivity (Wildman–Crippen MR) is 107 cm³/mol. The number of piperidine rings is 1. The van der Waals surface area contributed by atoms with Crippen molar-refractivity contribution in [1.29, 1.82) is 0 Å². The molecule has 6 nitrogen and oxygen atoms in total. The summed E-state index contributed by atoms with van der Waals surface area (Å²) in [5, 5.41) is 9.99. The maximum absolute atomic E-state index is 5.72. The molecule has 2 aliphatic rings. The zero-order valence-corrected chi connectivity index (χ0v) is 17.1. The predicted octanol–water partition coefficient (Wildman–Crippen LogP) is 3.17. The molecule has 4 heterocycles. The lowest BCUT2D eigenvalue weighted by Crippen LogP contribution is -2.33. The van der Waals surface area contributed by atoms with Gasteiger partial charge in [-0.15, -0.1) is 10.2 Å². The molecule has 4 rings (SSSR count). The number of nitrogens with zero attached hydrogens (tertiary/aromatic N) is 5. The fourth-order valence-electron chi connectivity index (χ4n) is 4.02. The van der Waals surface area contributed by atoms with Crippen molar-refractivity contribution in [1.82, 2.24) is 24.6 Å². The third-order valence-electron chi connectivity index (χ3n) is 5.58. The summed E-state index contributed by atoms with van der Waals surface area (Å²) in [7, 11) is 2.11. The van der Waals surface area contributed by atoms with Crippen LogP contribution in [0.25, 0.3) is 0 Å². The summed E-state index contributed by atoms with van der Waals surface area (Å²) < 4.78 is 7.91. The van der Waals surface area contributed by atoms with E-state index in [-0.39, 0.29) is 0 Å². The van der Waals surface area contributed by atoms with Gasteiger partial charge in [-0.3, -0.25) is 9.88 Å². The van der Waals surface area contributed by atoms with E-state index in [1.807, 2.05) is 0 Å². The van der Waals surface area contributed by atoms with Crippen molar-refractivity contribution in [3.05, 3.63) is 35.4 Å². The monoisotopic (exact) mass is 387 g/mol. The van der Waals surface area contributed by atoms with Gasteiger partial charge in [0, 0.05) is 37.6 Å². The number of aryl methyl sites for hydroxylation is 1. The summed E-state index contributed by atoms with van der Waals surface area (Å²) in [6.45, 7) is 6.08. The molecule has 7 heteroatoms. The minimum Gasteiger partial charge on any atom is -0.377 e. The summed E-state index contributed by atoms with van der Waals surface area (Å²) in [6, 6.07) is 6.28. The van der Waals surface area contributed by atoms with Crippen molar-refractivity contribution in [2.24, 2.45) is 7.05 Å². The fraction of sp³-hybridized carbons (Fsp3) is 0.650. The molecule has 2 fully saturated rings. The Morgan fingerprint density at radius 2 is 2.04 bits per heavy atom. The first-order valence-corrected chi connectivity index (χ1v) is 11.0. The van der Waals surface area contributed by atoms with Crippen LogP contribution < -0.4 is 0 Å². The molecule has 2 aromatic heterocycles. The van der Waals surface area contributed by atoms with E-state index in [0.29, 0.717) is 12.0 Å². The fourth-order valence-corrected chi connectivity index (χ4v) is 5.00. The molecule has 1 atom stereocenters.